The van der Waals surface area contributed by atoms with E-state index in [4.69, 9.17) is 0 Å². The highest BCUT2D eigenvalue weighted by Crippen LogP contribution is 2.34. The summed E-state index contributed by atoms with van der Waals surface area (Å²) in [6.07, 6.45) is 1.18. The molecule has 0 unspecified atom stereocenters. The molecule has 0 radical (unpaired) electrons. The molecule has 6 nitrogen and oxygen atoms in total. The van der Waals surface area contributed by atoms with E-state index in [1.54, 1.807) is 0 Å². The van der Waals surface area contributed by atoms with Gasteiger partial charge in [0, 0.05) is 37.3 Å². The lowest BCUT2D eigenvalue weighted by atomic mass is 9.84. The number of phenolic OH excluding ortho intramolecular Hbond substituents is 1. The van der Waals surface area contributed by atoms with Gasteiger partial charge < -0.3 is 10.2 Å². The average Bonchev–Trinajstić information content (AvgIpc) is 2.59. The number of non-ortho nitro benzene ring substituents is 1. The average molecular weight is 328 g/mol. The molecule has 1 aliphatic heterocycles. The van der Waals surface area contributed by atoms with Crippen LogP contribution < -0.4 is 0 Å². The number of nitro groups is 1. The molecule has 0 amide bonds. The lowest BCUT2D eigenvalue weighted by Gasteiger charge is -2.38. The molecule has 0 bridgehead atoms. The Bertz CT molecular complexity index is 725. The summed E-state index contributed by atoms with van der Waals surface area (Å²) in [6, 6.07) is 13.7. The van der Waals surface area contributed by atoms with Gasteiger partial charge in [-0.25, -0.2) is 0 Å². The molecular formula is C18H20N2O4. The van der Waals surface area contributed by atoms with Crippen LogP contribution in [0.25, 0.3) is 0 Å². The predicted molar refractivity (Wildman–Crippen MR) is 89.6 cm³/mol. The van der Waals surface area contributed by atoms with Gasteiger partial charge >= 0.3 is 0 Å². The predicted octanol–water partition coefficient (Wildman–Crippen LogP) is 2.78. The summed E-state index contributed by atoms with van der Waals surface area (Å²) in [7, 11) is 0. The quantitative estimate of drug-likeness (QED) is 0.666. The van der Waals surface area contributed by atoms with Crippen molar-refractivity contribution in [3.63, 3.8) is 0 Å². The number of benzene rings is 2. The number of hydrogen-bond acceptors (Lipinski definition) is 5. The summed E-state index contributed by atoms with van der Waals surface area (Å²) < 4.78 is 0. The van der Waals surface area contributed by atoms with Crippen molar-refractivity contribution in [3.8, 4) is 5.75 Å². The van der Waals surface area contributed by atoms with E-state index in [0.717, 1.165) is 5.56 Å². The van der Waals surface area contributed by atoms with Crippen molar-refractivity contribution in [2.24, 2.45) is 0 Å². The first-order valence-electron chi connectivity index (χ1n) is 7.94. The fraction of sp³-hybridized carbons (Fsp3) is 0.333. The van der Waals surface area contributed by atoms with E-state index in [1.165, 1.54) is 18.2 Å². The molecule has 0 aliphatic carbocycles. The Morgan fingerprint density at radius 2 is 1.79 bits per heavy atom. The number of nitro benzene ring substituents is 1. The van der Waals surface area contributed by atoms with Crippen LogP contribution in [-0.2, 0) is 12.1 Å². The van der Waals surface area contributed by atoms with Gasteiger partial charge in [0.2, 0.25) is 0 Å². The molecule has 0 saturated carbocycles. The maximum Gasteiger partial charge on any atom is 0.270 e. The van der Waals surface area contributed by atoms with Crippen LogP contribution in [0.3, 0.4) is 0 Å². The highest BCUT2D eigenvalue weighted by molar-refractivity contribution is 5.43. The minimum atomic E-state index is -0.831. The highest BCUT2D eigenvalue weighted by atomic mass is 16.6. The Kier molecular flexibility index (Phi) is 4.51. The van der Waals surface area contributed by atoms with Crippen molar-refractivity contribution >= 4 is 5.69 Å². The first-order valence-corrected chi connectivity index (χ1v) is 7.94. The third-order valence-corrected chi connectivity index (χ3v) is 4.66. The number of hydrogen-bond donors (Lipinski definition) is 2. The first-order chi connectivity index (χ1) is 11.5. The second-order valence-electron chi connectivity index (χ2n) is 6.24. The van der Waals surface area contributed by atoms with Crippen LogP contribution in [-0.4, -0.2) is 33.1 Å². The molecule has 6 heteroatoms. The minimum absolute atomic E-state index is 0.0272. The highest BCUT2D eigenvalue weighted by Gasteiger charge is 2.33. The molecule has 3 rings (SSSR count). The molecule has 1 fully saturated rings. The number of aromatic hydroxyl groups is 1. The van der Waals surface area contributed by atoms with E-state index in [0.29, 0.717) is 38.0 Å². The standard InChI is InChI=1S/C18H20N2O4/c21-17-7-6-16(20(23)24)12-14(17)13-19-10-8-18(22,9-11-19)15-4-2-1-3-5-15/h1-7,12,21-22H,8-11,13H2. The molecule has 1 aliphatic rings. The number of rotatable bonds is 4. The van der Waals surface area contributed by atoms with Crippen molar-refractivity contribution < 1.29 is 15.1 Å². The Hall–Kier alpha value is -2.44. The number of nitrogens with zero attached hydrogens (tertiary/aromatic N) is 2. The molecule has 2 N–H and O–H groups in total. The summed E-state index contributed by atoms with van der Waals surface area (Å²) in [5.74, 6) is 0.0597. The molecule has 0 spiro atoms. The summed E-state index contributed by atoms with van der Waals surface area (Å²) in [5, 5.41) is 31.6. The lowest BCUT2D eigenvalue weighted by molar-refractivity contribution is -0.385. The van der Waals surface area contributed by atoms with Gasteiger partial charge in [-0.3, -0.25) is 15.0 Å². The first kappa shape index (κ1) is 16.4. The van der Waals surface area contributed by atoms with Crippen LogP contribution in [0.15, 0.2) is 48.5 Å². The van der Waals surface area contributed by atoms with Crippen molar-refractivity contribution in [1.82, 2.24) is 4.90 Å². The number of aliphatic hydroxyl groups is 1. The van der Waals surface area contributed by atoms with Crippen molar-refractivity contribution in [1.29, 1.82) is 0 Å². The van der Waals surface area contributed by atoms with Crippen molar-refractivity contribution in [2.45, 2.75) is 25.0 Å². The van der Waals surface area contributed by atoms with Gasteiger partial charge in [-0.1, -0.05) is 30.3 Å². The Morgan fingerprint density at radius 3 is 2.42 bits per heavy atom. The molecule has 2 aromatic carbocycles. The van der Waals surface area contributed by atoms with Gasteiger partial charge in [0.15, 0.2) is 0 Å². The second kappa shape index (κ2) is 6.59. The Morgan fingerprint density at radius 1 is 1.12 bits per heavy atom. The largest absolute Gasteiger partial charge is 0.508 e. The summed E-state index contributed by atoms with van der Waals surface area (Å²) in [5.41, 5.74) is 0.598. The third-order valence-electron chi connectivity index (χ3n) is 4.66. The zero-order chi connectivity index (χ0) is 17.2. The molecule has 1 heterocycles. The molecule has 0 aromatic heterocycles. The normalized spacial score (nSPS) is 17.5. The van der Waals surface area contributed by atoms with Gasteiger partial charge in [-0.05, 0) is 24.5 Å². The maximum atomic E-state index is 10.9. The monoisotopic (exact) mass is 328 g/mol. The van der Waals surface area contributed by atoms with Crippen molar-refractivity contribution in [3.05, 3.63) is 69.8 Å². The molecule has 2 aromatic rings. The van der Waals surface area contributed by atoms with E-state index in [1.807, 2.05) is 30.3 Å². The van der Waals surface area contributed by atoms with E-state index in [2.05, 4.69) is 4.90 Å². The fourth-order valence-electron chi connectivity index (χ4n) is 3.17. The number of likely N-dealkylation sites (tertiary alicyclic amines) is 1. The SMILES string of the molecule is O=[N+]([O-])c1ccc(O)c(CN2CCC(O)(c3ccccc3)CC2)c1. The minimum Gasteiger partial charge on any atom is -0.508 e. The zero-order valence-electron chi connectivity index (χ0n) is 13.3. The van der Waals surface area contributed by atoms with Crippen LogP contribution >= 0.6 is 0 Å². The van der Waals surface area contributed by atoms with E-state index < -0.39 is 10.5 Å². The van der Waals surface area contributed by atoms with E-state index in [9.17, 15) is 20.3 Å². The van der Waals surface area contributed by atoms with E-state index >= 15 is 0 Å². The van der Waals surface area contributed by atoms with Crippen LogP contribution in [0.2, 0.25) is 0 Å². The maximum absolute atomic E-state index is 10.9. The summed E-state index contributed by atoms with van der Waals surface area (Å²) >= 11 is 0. The lowest BCUT2D eigenvalue weighted by Crippen LogP contribution is -2.42. The molecular weight excluding hydrogens is 308 g/mol. The summed E-state index contributed by atoms with van der Waals surface area (Å²) in [6.45, 7) is 1.75. The van der Waals surface area contributed by atoms with E-state index in [-0.39, 0.29) is 11.4 Å². The smallest absolute Gasteiger partial charge is 0.270 e. The fourth-order valence-corrected chi connectivity index (χ4v) is 3.17. The topological polar surface area (TPSA) is 86.8 Å². The summed E-state index contributed by atoms with van der Waals surface area (Å²) in [4.78, 5) is 12.5. The Balaban J connectivity index is 1.68. The van der Waals surface area contributed by atoms with Crippen LogP contribution in [0.5, 0.6) is 5.75 Å². The van der Waals surface area contributed by atoms with Crippen molar-refractivity contribution in [2.75, 3.05) is 13.1 Å². The van der Waals surface area contributed by atoms with Crippen LogP contribution in [0.4, 0.5) is 5.69 Å². The molecule has 126 valence electrons. The van der Waals surface area contributed by atoms with Crippen LogP contribution in [0, 0.1) is 10.1 Å². The van der Waals surface area contributed by atoms with Crippen LogP contribution in [0.1, 0.15) is 24.0 Å². The number of phenols is 1. The Labute approximate surface area is 140 Å². The molecule has 0 atom stereocenters. The molecule has 24 heavy (non-hydrogen) atoms. The van der Waals surface area contributed by atoms with Gasteiger partial charge in [0.1, 0.15) is 5.75 Å². The zero-order valence-corrected chi connectivity index (χ0v) is 13.3. The second-order valence-corrected chi connectivity index (χ2v) is 6.24. The van der Waals surface area contributed by atoms with Gasteiger partial charge in [-0.15, -0.1) is 0 Å². The van der Waals surface area contributed by atoms with Gasteiger partial charge in [-0.2, -0.15) is 0 Å². The van der Waals surface area contributed by atoms with Gasteiger partial charge in [0.25, 0.3) is 5.69 Å². The van der Waals surface area contributed by atoms with Gasteiger partial charge in [0.05, 0.1) is 10.5 Å². The molecule has 1 saturated heterocycles. The third kappa shape index (κ3) is 3.39. The number of piperidine rings is 1.